The zero-order chi connectivity index (χ0) is 14.4. The van der Waals surface area contributed by atoms with Crippen LogP contribution in [0.4, 0.5) is 5.13 Å². The molecule has 0 bridgehead atoms. The summed E-state index contributed by atoms with van der Waals surface area (Å²) in [6.07, 6.45) is 1.99. The summed E-state index contributed by atoms with van der Waals surface area (Å²) in [5.74, 6) is 0. The maximum Gasteiger partial charge on any atom is 0.214 e. The van der Waals surface area contributed by atoms with Crippen LogP contribution < -0.4 is 4.90 Å². The van der Waals surface area contributed by atoms with E-state index in [0.29, 0.717) is 6.61 Å². The van der Waals surface area contributed by atoms with E-state index in [1.165, 1.54) is 0 Å². The van der Waals surface area contributed by atoms with Crippen LogP contribution in [-0.4, -0.2) is 39.3 Å². The summed E-state index contributed by atoms with van der Waals surface area (Å²) in [4.78, 5) is 12.2. The molecule has 1 aliphatic rings. The lowest BCUT2D eigenvalue weighted by Crippen LogP contribution is -2.38. The first-order valence-electron chi connectivity index (χ1n) is 6.80. The second-order valence-corrected chi connectivity index (χ2v) is 6.95. The monoisotopic (exact) mass is 321 g/mol. The summed E-state index contributed by atoms with van der Waals surface area (Å²) >= 11 is 3.29. The molecule has 1 fully saturated rings. The Kier molecular flexibility index (Phi) is 3.16. The highest BCUT2D eigenvalue weighted by atomic mass is 32.1. The van der Waals surface area contributed by atoms with Gasteiger partial charge in [-0.1, -0.05) is 11.3 Å². The Bertz CT molecular complexity index is 745. The van der Waals surface area contributed by atoms with E-state index in [-0.39, 0.29) is 6.10 Å². The number of nitrogens with zero attached hydrogens (tertiary/aromatic N) is 5. The molecule has 0 saturated carbocycles. The van der Waals surface area contributed by atoms with Crippen LogP contribution in [0.1, 0.15) is 22.5 Å². The fraction of sp³-hybridized carbons (Fsp3) is 0.462. The summed E-state index contributed by atoms with van der Waals surface area (Å²) in [6.45, 7) is 6.35. The molecule has 4 heterocycles. The first-order chi connectivity index (χ1) is 10.2. The number of rotatable bonds is 2. The van der Waals surface area contributed by atoms with Crippen LogP contribution in [0, 0.1) is 13.8 Å². The molecule has 21 heavy (non-hydrogen) atoms. The van der Waals surface area contributed by atoms with Gasteiger partial charge in [0.05, 0.1) is 25.0 Å². The summed E-state index contributed by atoms with van der Waals surface area (Å²) in [5.41, 5.74) is 2.05. The molecule has 6 nitrogen and oxygen atoms in total. The molecule has 3 aromatic rings. The average Bonchev–Trinajstić information content (AvgIpc) is 3.13. The number of thiazole rings is 1. The molecule has 3 aromatic heterocycles. The van der Waals surface area contributed by atoms with Gasteiger partial charge in [-0.15, -0.1) is 16.4 Å². The van der Waals surface area contributed by atoms with Crippen LogP contribution in [0.3, 0.4) is 0 Å². The summed E-state index contributed by atoms with van der Waals surface area (Å²) in [7, 11) is 0. The van der Waals surface area contributed by atoms with Crippen LogP contribution in [0.15, 0.2) is 11.6 Å². The molecule has 0 aromatic carbocycles. The van der Waals surface area contributed by atoms with Gasteiger partial charge in [-0.3, -0.25) is 0 Å². The van der Waals surface area contributed by atoms with Crippen LogP contribution in [0.25, 0.3) is 4.96 Å². The molecule has 4 rings (SSSR count). The van der Waals surface area contributed by atoms with Crippen molar-refractivity contribution < 1.29 is 4.74 Å². The number of imidazole rings is 1. The quantitative estimate of drug-likeness (QED) is 0.725. The standard InChI is InChI=1S/C13H15N5OS2/c1-8-5-18-12(15-8)21-13(16-18)17-3-4-19-10(6-17)11-14-9(2)7-20-11/h5,7,10H,3-4,6H2,1-2H3/t10-/m0/s1. The number of ether oxygens (including phenoxy) is 1. The average molecular weight is 321 g/mol. The number of hydrogen-bond acceptors (Lipinski definition) is 7. The van der Waals surface area contributed by atoms with Crippen molar-refractivity contribution in [3.63, 3.8) is 0 Å². The third-order valence-corrected chi connectivity index (χ3v) is 5.44. The van der Waals surface area contributed by atoms with Crippen molar-refractivity contribution in [2.24, 2.45) is 0 Å². The van der Waals surface area contributed by atoms with E-state index in [1.54, 1.807) is 22.7 Å². The van der Waals surface area contributed by atoms with E-state index in [9.17, 15) is 0 Å². The van der Waals surface area contributed by atoms with E-state index in [2.05, 4.69) is 25.3 Å². The minimum Gasteiger partial charge on any atom is -0.367 e. The third-order valence-electron chi connectivity index (χ3n) is 3.40. The van der Waals surface area contributed by atoms with Crippen LogP contribution in [-0.2, 0) is 4.74 Å². The second kappa shape index (κ2) is 5.04. The lowest BCUT2D eigenvalue weighted by molar-refractivity contribution is 0.0395. The number of morpholine rings is 1. The molecular weight excluding hydrogens is 306 g/mol. The van der Waals surface area contributed by atoms with E-state index in [0.717, 1.165) is 39.6 Å². The highest BCUT2D eigenvalue weighted by Gasteiger charge is 2.26. The molecule has 0 radical (unpaired) electrons. The molecule has 110 valence electrons. The molecular formula is C13H15N5OS2. The lowest BCUT2D eigenvalue weighted by atomic mass is 10.3. The number of anilines is 1. The molecule has 0 spiro atoms. The Hall–Kier alpha value is -1.51. The van der Waals surface area contributed by atoms with Gasteiger partial charge in [0.1, 0.15) is 11.1 Å². The first-order valence-corrected chi connectivity index (χ1v) is 8.50. The van der Waals surface area contributed by atoms with Crippen molar-refractivity contribution in [3.8, 4) is 0 Å². The number of fused-ring (bicyclic) bond motifs is 1. The Balaban J connectivity index is 1.58. The Labute approximate surface area is 130 Å². The Morgan fingerprint density at radius 1 is 1.29 bits per heavy atom. The molecule has 0 aliphatic carbocycles. The minimum atomic E-state index is 0.0374. The van der Waals surface area contributed by atoms with E-state index in [4.69, 9.17) is 4.74 Å². The Morgan fingerprint density at radius 3 is 2.95 bits per heavy atom. The summed E-state index contributed by atoms with van der Waals surface area (Å²) in [5, 5.41) is 8.73. The predicted octanol–water partition coefficient (Wildman–Crippen LogP) is 2.44. The molecule has 1 aliphatic heterocycles. The van der Waals surface area contributed by atoms with Crippen molar-refractivity contribution in [2.75, 3.05) is 24.6 Å². The second-order valence-electron chi connectivity index (χ2n) is 5.13. The maximum atomic E-state index is 5.86. The zero-order valence-electron chi connectivity index (χ0n) is 11.8. The van der Waals surface area contributed by atoms with Gasteiger partial charge in [-0.05, 0) is 13.8 Å². The highest BCUT2D eigenvalue weighted by molar-refractivity contribution is 7.20. The van der Waals surface area contributed by atoms with E-state index < -0.39 is 0 Å². The van der Waals surface area contributed by atoms with E-state index in [1.807, 2.05) is 24.6 Å². The van der Waals surface area contributed by atoms with Crippen molar-refractivity contribution in [2.45, 2.75) is 20.0 Å². The van der Waals surface area contributed by atoms with Crippen LogP contribution in [0.2, 0.25) is 0 Å². The van der Waals surface area contributed by atoms with Gasteiger partial charge in [0, 0.05) is 17.6 Å². The van der Waals surface area contributed by atoms with Crippen molar-refractivity contribution >= 4 is 32.8 Å². The van der Waals surface area contributed by atoms with Gasteiger partial charge in [0.15, 0.2) is 0 Å². The third kappa shape index (κ3) is 2.43. The molecule has 1 saturated heterocycles. The summed E-state index contributed by atoms with van der Waals surface area (Å²) < 4.78 is 7.72. The van der Waals surface area contributed by atoms with Crippen molar-refractivity contribution in [1.82, 2.24) is 19.6 Å². The van der Waals surface area contributed by atoms with Crippen molar-refractivity contribution in [1.29, 1.82) is 0 Å². The number of aromatic nitrogens is 4. The fourth-order valence-electron chi connectivity index (χ4n) is 2.42. The highest BCUT2D eigenvalue weighted by Crippen LogP contribution is 2.30. The van der Waals surface area contributed by atoms with Gasteiger partial charge < -0.3 is 9.64 Å². The molecule has 1 atom stereocenters. The summed E-state index contributed by atoms with van der Waals surface area (Å²) in [6, 6.07) is 0. The number of aryl methyl sites for hydroxylation is 2. The fourth-order valence-corrected chi connectivity index (χ4v) is 4.22. The predicted molar refractivity (Wildman–Crippen MR) is 83.4 cm³/mol. The normalized spacial score (nSPS) is 19.5. The Morgan fingerprint density at radius 2 is 2.19 bits per heavy atom. The lowest BCUT2D eigenvalue weighted by Gasteiger charge is -2.31. The SMILES string of the molecule is Cc1csc([C@@H]2CN(c3nn4cc(C)nc4s3)CCO2)n1. The molecule has 8 heteroatoms. The van der Waals surface area contributed by atoms with Crippen LogP contribution in [0.5, 0.6) is 0 Å². The molecule has 0 amide bonds. The smallest absolute Gasteiger partial charge is 0.214 e. The van der Waals surface area contributed by atoms with Gasteiger partial charge in [-0.2, -0.15) is 0 Å². The van der Waals surface area contributed by atoms with Gasteiger partial charge in [0.25, 0.3) is 0 Å². The number of hydrogen-bond donors (Lipinski definition) is 0. The van der Waals surface area contributed by atoms with Crippen LogP contribution >= 0.6 is 22.7 Å². The largest absolute Gasteiger partial charge is 0.367 e. The van der Waals surface area contributed by atoms with Gasteiger partial charge in [-0.25, -0.2) is 14.5 Å². The molecule has 0 N–H and O–H groups in total. The maximum absolute atomic E-state index is 5.86. The topological polar surface area (TPSA) is 55.6 Å². The van der Waals surface area contributed by atoms with E-state index >= 15 is 0 Å². The van der Waals surface area contributed by atoms with Gasteiger partial charge >= 0.3 is 0 Å². The van der Waals surface area contributed by atoms with Gasteiger partial charge in [0.2, 0.25) is 10.1 Å². The van der Waals surface area contributed by atoms with Crippen molar-refractivity contribution in [3.05, 3.63) is 28.0 Å². The first kappa shape index (κ1) is 13.2. The zero-order valence-corrected chi connectivity index (χ0v) is 13.4. The molecule has 0 unspecified atom stereocenters. The minimum absolute atomic E-state index is 0.0374.